The van der Waals surface area contributed by atoms with E-state index in [1.165, 1.54) is 33.5 Å². The van der Waals surface area contributed by atoms with Crippen LogP contribution in [0.1, 0.15) is 47.1 Å². The standard InChI is InChI=1S/C24H31NO7/c1-7-32-20-9-8-16(10-17(20)14-31-13-15(2)3)23(26)25-19-12-22(29-5)21(28-4)11-18(19)24(27)30-6/h8-12,15H,7,13-14H2,1-6H3,(H,25,26). The molecule has 32 heavy (non-hydrogen) atoms. The summed E-state index contributed by atoms with van der Waals surface area (Å²) in [5.41, 5.74) is 1.54. The highest BCUT2D eigenvalue weighted by molar-refractivity contribution is 6.08. The van der Waals surface area contributed by atoms with Crippen LogP contribution in [-0.2, 0) is 16.1 Å². The molecule has 0 aliphatic heterocycles. The Bertz CT molecular complexity index is 940. The van der Waals surface area contributed by atoms with Gasteiger partial charge in [-0.25, -0.2) is 4.79 Å². The van der Waals surface area contributed by atoms with Gasteiger partial charge in [0.05, 0.1) is 45.8 Å². The molecule has 0 heterocycles. The molecule has 0 unspecified atom stereocenters. The minimum Gasteiger partial charge on any atom is -0.494 e. The third-order valence-electron chi connectivity index (χ3n) is 4.51. The van der Waals surface area contributed by atoms with Gasteiger partial charge in [-0.1, -0.05) is 13.8 Å². The van der Waals surface area contributed by atoms with Gasteiger partial charge in [-0.15, -0.1) is 0 Å². The van der Waals surface area contributed by atoms with Crippen LogP contribution in [0.25, 0.3) is 0 Å². The number of methoxy groups -OCH3 is 3. The third kappa shape index (κ3) is 6.37. The van der Waals surface area contributed by atoms with Crippen molar-refractivity contribution in [2.24, 2.45) is 5.92 Å². The molecule has 0 spiro atoms. The van der Waals surface area contributed by atoms with E-state index in [-0.39, 0.29) is 11.3 Å². The van der Waals surface area contributed by atoms with Gasteiger partial charge in [0.1, 0.15) is 5.75 Å². The minimum absolute atomic E-state index is 0.143. The second kappa shape index (κ2) is 12.0. The van der Waals surface area contributed by atoms with E-state index < -0.39 is 11.9 Å². The summed E-state index contributed by atoms with van der Waals surface area (Å²) in [6, 6.07) is 8.10. The maximum atomic E-state index is 13.0. The molecule has 8 nitrogen and oxygen atoms in total. The van der Waals surface area contributed by atoms with Crippen LogP contribution >= 0.6 is 0 Å². The van der Waals surface area contributed by atoms with Crippen molar-refractivity contribution in [1.82, 2.24) is 0 Å². The Labute approximate surface area is 188 Å². The molecule has 0 aliphatic rings. The van der Waals surface area contributed by atoms with E-state index in [1.54, 1.807) is 18.2 Å². The Kier molecular flexibility index (Phi) is 9.34. The van der Waals surface area contributed by atoms with Gasteiger partial charge in [-0.05, 0) is 31.0 Å². The Morgan fingerprint density at radius 3 is 2.25 bits per heavy atom. The monoisotopic (exact) mass is 445 g/mol. The number of esters is 1. The zero-order chi connectivity index (χ0) is 23.7. The largest absolute Gasteiger partial charge is 0.494 e. The molecule has 0 saturated carbocycles. The normalized spacial score (nSPS) is 10.6. The van der Waals surface area contributed by atoms with E-state index in [4.69, 9.17) is 23.7 Å². The molecule has 2 rings (SSSR count). The summed E-state index contributed by atoms with van der Waals surface area (Å²) in [4.78, 5) is 25.3. The van der Waals surface area contributed by atoms with E-state index in [0.717, 1.165) is 5.56 Å². The molecule has 0 radical (unpaired) electrons. The number of rotatable bonds is 11. The lowest BCUT2D eigenvalue weighted by Crippen LogP contribution is -2.16. The van der Waals surface area contributed by atoms with Gasteiger partial charge in [-0.3, -0.25) is 4.79 Å². The Balaban J connectivity index is 2.36. The molecule has 0 aromatic heterocycles. The van der Waals surface area contributed by atoms with Gasteiger partial charge in [-0.2, -0.15) is 0 Å². The summed E-state index contributed by atoms with van der Waals surface area (Å²) in [6.45, 7) is 7.43. The van der Waals surface area contributed by atoms with Crippen molar-refractivity contribution in [3.8, 4) is 17.2 Å². The van der Waals surface area contributed by atoms with Crippen molar-refractivity contribution in [1.29, 1.82) is 0 Å². The summed E-state index contributed by atoms with van der Waals surface area (Å²) >= 11 is 0. The number of carbonyl (C=O) groups is 2. The smallest absolute Gasteiger partial charge is 0.340 e. The second-order valence-corrected chi connectivity index (χ2v) is 7.36. The lowest BCUT2D eigenvalue weighted by molar-refractivity contribution is 0.0601. The molecular formula is C24H31NO7. The fraction of sp³-hybridized carbons (Fsp3) is 0.417. The molecular weight excluding hydrogens is 414 g/mol. The highest BCUT2D eigenvalue weighted by Crippen LogP contribution is 2.34. The van der Waals surface area contributed by atoms with Crippen LogP contribution in [0.4, 0.5) is 5.69 Å². The number of nitrogens with one attached hydrogen (secondary N) is 1. The molecule has 0 fully saturated rings. The lowest BCUT2D eigenvalue weighted by atomic mass is 10.1. The number of hydrogen-bond donors (Lipinski definition) is 1. The van der Waals surface area contributed by atoms with Crippen LogP contribution in [0.15, 0.2) is 30.3 Å². The first-order chi connectivity index (χ1) is 15.3. The predicted octanol–water partition coefficient (Wildman–Crippen LogP) is 4.31. The molecule has 2 aromatic rings. The van der Waals surface area contributed by atoms with E-state index in [1.807, 2.05) is 6.92 Å². The van der Waals surface area contributed by atoms with Crippen molar-refractivity contribution >= 4 is 17.6 Å². The maximum Gasteiger partial charge on any atom is 0.340 e. The third-order valence-corrected chi connectivity index (χ3v) is 4.51. The van der Waals surface area contributed by atoms with Gasteiger partial charge >= 0.3 is 5.97 Å². The summed E-state index contributed by atoms with van der Waals surface area (Å²) in [7, 11) is 4.19. The van der Waals surface area contributed by atoms with Gasteiger partial charge in [0, 0.05) is 29.9 Å². The molecule has 0 atom stereocenters. The molecule has 1 N–H and O–H groups in total. The van der Waals surface area contributed by atoms with Gasteiger partial charge in [0.2, 0.25) is 0 Å². The molecule has 1 amide bonds. The number of carbonyl (C=O) groups excluding carboxylic acids is 2. The first kappa shape index (κ1) is 25.0. The van der Waals surface area contributed by atoms with Crippen molar-refractivity contribution in [2.45, 2.75) is 27.4 Å². The summed E-state index contributed by atoms with van der Waals surface area (Å²) in [5, 5.41) is 2.76. The average molecular weight is 446 g/mol. The van der Waals surface area contributed by atoms with Crippen molar-refractivity contribution in [2.75, 3.05) is 39.9 Å². The fourth-order valence-electron chi connectivity index (χ4n) is 2.99. The van der Waals surface area contributed by atoms with Gasteiger partial charge in [0.25, 0.3) is 5.91 Å². The highest BCUT2D eigenvalue weighted by atomic mass is 16.5. The average Bonchev–Trinajstić information content (AvgIpc) is 2.78. The summed E-state index contributed by atoms with van der Waals surface area (Å²) in [5.74, 6) is 0.737. The van der Waals surface area contributed by atoms with Crippen LogP contribution in [0, 0.1) is 5.92 Å². The molecule has 174 valence electrons. The molecule has 8 heteroatoms. The predicted molar refractivity (Wildman–Crippen MR) is 121 cm³/mol. The Hall–Kier alpha value is -3.26. The highest BCUT2D eigenvalue weighted by Gasteiger charge is 2.20. The van der Waals surface area contributed by atoms with E-state index in [2.05, 4.69) is 19.2 Å². The van der Waals surface area contributed by atoms with E-state index >= 15 is 0 Å². The van der Waals surface area contributed by atoms with Crippen molar-refractivity contribution in [3.63, 3.8) is 0 Å². The SMILES string of the molecule is CCOc1ccc(C(=O)Nc2cc(OC)c(OC)cc2C(=O)OC)cc1COCC(C)C. The van der Waals surface area contributed by atoms with Crippen LogP contribution in [0.2, 0.25) is 0 Å². The topological polar surface area (TPSA) is 92.3 Å². The van der Waals surface area contributed by atoms with Gasteiger partial charge in [0.15, 0.2) is 11.5 Å². The van der Waals surface area contributed by atoms with E-state index in [9.17, 15) is 9.59 Å². The summed E-state index contributed by atoms with van der Waals surface area (Å²) < 4.78 is 26.8. The number of ether oxygens (including phenoxy) is 5. The second-order valence-electron chi connectivity index (χ2n) is 7.36. The Morgan fingerprint density at radius 2 is 1.66 bits per heavy atom. The molecule has 0 bridgehead atoms. The number of hydrogen-bond acceptors (Lipinski definition) is 7. The molecule has 2 aromatic carbocycles. The first-order valence-electron chi connectivity index (χ1n) is 10.3. The fourth-order valence-corrected chi connectivity index (χ4v) is 2.99. The van der Waals surface area contributed by atoms with Crippen LogP contribution in [0.3, 0.4) is 0 Å². The van der Waals surface area contributed by atoms with Crippen LogP contribution in [-0.4, -0.2) is 46.4 Å². The quantitative estimate of drug-likeness (QED) is 0.515. The zero-order valence-corrected chi connectivity index (χ0v) is 19.4. The van der Waals surface area contributed by atoms with Crippen molar-refractivity contribution < 1.29 is 33.3 Å². The van der Waals surface area contributed by atoms with E-state index in [0.29, 0.717) is 48.6 Å². The van der Waals surface area contributed by atoms with Crippen molar-refractivity contribution in [3.05, 3.63) is 47.0 Å². The Morgan fingerprint density at radius 1 is 0.969 bits per heavy atom. The number of anilines is 1. The maximum absolute atomic E-state index is 13.0. The van der Waals surface area contributed by atoms with Crippen LogP contribution in [0.5, 0.6) is 17.2 Å². The molecule has 0 saturated heterocycles. The minimum atomic E-state index is -0.615. The zero-order valence-electron chi connectivity index (χ0n) is 19.4. The van der Waals surface area contributed by atoms with Gasteiger partial charge < -0.3 is 29.0 Å². The van der Waals surface area contributed by atoms with Crippen LogP contribution < -0.4 is 19.5 Å². The lowest BCUT2D eigenvalue weighted by Gasteiger charge is -2.16. The number of amides is 1. The first-order valence-corrected chi connectivity index (χ1v) is 10.3. The number of benzene rings is 2. The molecule has 0 aliphatic carbocycles. The summed E-state index contributed by atoms with van der Waals surface area (Å²) in [6.07, 6.45) is 0.